The molecule has 0 aliphatic rings. The number of hydrogen-bond acceptors (Lipinski definition) is 0. The summed E-state index contributed by atoms with van der Waals surface area (Å²) in [6.07, 6.45) is 5.46. The van der Waals surface area contributed by atoms with E-state index in [1.54, 1.807) is 6.92 Å². The molecule has 0 aliphatic carbocycles. The first kappa shape index (κ1) is 10.9. The lowest BCUT2D eigenvalue weighted by Crippen LogP contribution is -2.07. The lowest BCUT2D eigenvalue weighted by molar-refractivity contribution is 0.248. The van der Waals surface area contributed by atoms with Gasteiger partial charge in [-0.2, -0.15) is 0 Å². The van der Waals surface area contributed by atoms with Gasteiger partial charge in [0, 0.05) is 0 Å². The van der Waals surface area contributed by atoms with E-state index in [1.165, 1.54) is 25.7 Å². The van der Waals surface area contributed by atoms with Crippen molar-refractivity contribution in [1.29, 1.82) is 0 Å². The van der Waals surface area contributed by atoms with Crippen molar-refractivity contribution < 1.29 is 4.39 Å². The van der Waals surface area contributed by atoms with Gasteiger partial charge in [0.05, 0.1) is 6.17 Å². The van der Waals surface area contributed by atoms with E-state index in [-0.39, 0.29) is 5.92 Å². The Morgan fingerprint density at radius 2 is 1.73 bits per heavy atom. The Balaban J connectivity index is 3.10. The first-order valence-corrected chi connectivity index (χ1v) is 4.82. The minimum absolute atomic E-state index is 0.256. The summed E-state index contributed by atoms with van der Waals surface area (Å²) in [5.41, 5.74) is 0. The van der Waals surface area contributed by atoms with Crippen LogP contribution < -0.4 is 0 Å². The standard InChI is InChI=1S/C10H21F/c1-4-5-6-7-8-9(2)10(3)11/h9-10H,4-8H2,1-3H3/t9-,10?/m0/s1. The molecule has 0 saturated carbocycles. The Labute approximate surface area is 70.2 Å². The van der Waals surface area contributed by atoms with Crippen molar-refractivity contribution in [2.24, 2.45) is 5.92 Å². The van der Waals surface area contributed by atoms with Crippen LogP contribution >= 0.6 is 0 Å². The molecule has 1 heteroatoms. The molecule has 0 heterocycles. The molecule has 0 aromatic rings. The molecule has 0 radical (unpaired) electrons. The van der Waals surface area contributed by atoms with Gasteiger partial charge in [-0.15, -0.1) is 0 Å². The fourth-order valence-corrected chi connectivity index (χ4v) is 1.12. The Bertz CT molecular complexity index is 78.9. The van der Waals surface area contributed by atoms with Crippen molar-refractivity contribution in [2.45, 2.75) is 59.0 Å². The third-order valence-corrected chi connectivity index (χ3v) is 2.30. The number of halogens is 1. The number of unbranched alkanes of at least 4 members (excludes halogenated alkanes) is 3. The van der Waals surface area contributed by atoms with Gasteiger partial charge in [0.2, 0.25) is 0 Å². The largest absolute Gasteiger partial charge is 0.248 e. The van der Waals surface area contributed by atoms with Crippen LogP contribution in [0.4, 0.5) is 4.39 Å². The maximum atomic E-state index is 12.6. The van der Waals surface area contributed by atoms with Crippen molar-refractivity contribution in [3.63, 3.8) is 0 Å². The fourth-order valence-electron chi connectivity index (χ4n) is 1.12. The van der Waals surface area contributed by atoms with E-state index in [0.29, 0.717) is 0 Å². The van der Waals surface area contributed by atoms with Crippen LogP contribution in [0.5, 0.6) is 0 Å². The summed E-state index contributed by atoms with van der Waals surface area (Å²) in [5, 5.41) is 0. The third kappa shape index (κ3) is 6.33. The molecule has 0 rings (SSSR count). The molecule has 0 bridgehead atoms. The minimum atomic E-state index is -0.628. The molecule has 0 aliphatic heterocycles. The smallest absolute Gasteiger partial charge is 0.0998 e. The highest BCUT2D eigenvalue weighted by Gasteiger charge is 2.08. The van der Waals surface area contributed by atoms with Crippen LogP contribution in [0.25, 0.3) is 0 Å². The van der Waals surface area contributed by atoms with Crippen LogP contribution in [-0.4, -0.2) is 6.17 Å². The van der Waals surface area contributed by atoms with Gasteiger partial charge in [-0.25, -0.2) is 4.39 Å². The highest BCUT2D eigenvalue weighted by molar-refractivity contribution is 4.59. The lowest BCUT2D eigenvalue weighted by atomic mass is 9.99. The van der Waals surface area contributed by atoms with Gasteiger partial charge in [0.1, 0.15) is 0 Å². The predicted molar refractivity (Wildman–Crippen MR) is 48.5 cm³/mol. The molecule has 1 unspecified atom stereocenters. The topological polar surface area (TPSA) is 0 Å². The number of rotatable bonds is 6. The van der Waals surface area contributed by atoms with Gasteiger partial charge in [-0.05, 0) is 19.3 Å². The van der Waals surface area contributed by atoms with E-state index in [9.17, 15) is 4.39 Å². The summed E-state index contributed by atoms with van der Waals surface area (Å²) in [6, 6.07) is 0. The molecule has 11 heavy (non-hydrogen) atoms. The Morgan fingerprint density at radius 3 is 2.18 bits per heavy atom. The van der Waals surface area contributed by atoms with Crippen molar-refractivity contribution in [2.75, 3.05) is 0 Å². The third-order valence-electron chi connectivity index (χ3n) is 2.30. The highest BCUT2D eigenvalue weighted by atomic mass is 19.1. The van der Waals surface area contributed by atoms with Gasteiger partial charge >= 0.3 is 0 Å². The molecule has 0 spiro atoms. The zero-order valence-corrected chi connectivity index (χ0v) is 8.07. The summed E-state index contributed by atoms with van der Waals surface area (Å²) in [4.78, 5) is 0. The van der Waals surface area contributed by atoms with E-state index >= 15 is 0 Å². The Morgan fingerprint density at radius 1 is 1.09 bits per heavy atom. The molecular weight excluding hydrogens is 139 g/mol. The molecule has 0 N–H and O–H groups in total. The molecule has 2 atom stereocenters. The van der Waals surface area contributed by atoms with E-state index in [4.69, 9.17) is 0 Å². The zero-order chi connectivity index (χ0) is 8.69. The van der Waals surface area contributed by atoms with Crippen LogP contribution in [-0.2, 0) is 0 Å². The first-order valence-electron chi connectivity index (χ1n) is 4.82. The average Bonchev–Trinajstić information content (AvgIpc) is 1.97. The maximum absolute atomic E-state index is 12.6. The summed E-state index contributed by atoms with van der Waals surface area (Å²) >= 11 is 0. The van der Waals surface area contributed by atoms with E-state index in [1.807, 2.05) is 6.92 Å². The van der Waals surface area contributed by atoms with Gasteiger partial charge < -0.3 is 0 Å². The van der Waals surface area contributed by atoms with Crippen molar-refractivity contribution in [1.82, 2.24) is 0 Å². The molecule has 0 fully saturated rings. The zero-order valence-electron chi connectivity index (χ0n) is 8.07. The molecule has 0 aromatic carbocycles. The molecular formula is C10H21F. The Hall–Kier alpha value is -0.0700. The van der Waals surface area contributed by atoms with E-state index in [0.717, 1.165) is 6.42 Å². The van der Waals surface area contributed by atoms with E-state index < -0.39 is 6.17 Å². The van der Waals surface area contributed by atoms with Crippen LogP contribution in [0.2, 0.25) is 0 Å². The summed E-state index contributed by atoms with van der Waals surface area (Å²) < 4.78 is 12.6. The summed E-state index contributed by atoms with van der Waals surface area (Å²) in [7, 11) is 0. The van der Waals surface area contributed by atoms with Gasteiger partial charge in [-0.1, -0.05) is 39.5 Å². The molecule has 0 aromatic heterocycles. The summed E-state index contributed by atoms with van der Waals surface area (Å²) in [5.74, 6) is 0.256. The maximum Gasteiger partial charge on any atom is 0.0998 e. The second-order valence-electron chi connectivity index (χ2n) is 3.50. The molecule has 0 saturated heterocycles. The van der Waals surface area contributed by atoms with E-state index in [2.05, 4.69) is 6.92 Å². The summed E-state index contributed by atoms with van der Waals surface area (Å²) in [6.45, 7) is 5.85. The lowest BCUT2D eigenvalue weighted by Gasteiger charge is -2.11. The molecule has 0 amide bonds. The average molecular weight is 160 g/mol. The monoisotopic (exact) mass is 160 g/mol. The fraction of sp³-hybridized carbons (Fsp3) is 1.00. The quantitative estimate of drug-likeness (QED) is 0.516. The van der Waals surface area contributed by atoms with Crippen LogP contribution in [0.15, 0.2) is 0 Å². The van der Waals surface area contributed by atoms with Crippen molar-refractivity contribution >= 4 is 0 Å². The van der Waals surface area contributed by atoms with Gasteiger partial charge in [0.25, 0.3) is 0 Å². The number of alkyl halides is 1. The molecule has 0 nitrogen and oxygen atoms in total. The second-order valence-corrected chi connectivity index (χ2v) is 3.50. The predicted octanol–water partition coefficient (Wildman–Crippen LogP) is 3.95. The van der Waals surface area contributed by atoms with Crippen molar-refractivity contribution in [3.8, 4) is 0 Å². The van der Waals surface area contributed by atoms with Crippen LogP contribution in [0, 0.1) is 5.92 Å². The number of hydrogen-bond donors (Lipinski definition) is 0. The van der Waals surface area contributed by atoms with Crippen LogP contribution in [0.1, 0.15) is 52.9 Å². The normalized spacial score (nSPS) is 16.4. The molecule has 68 valence electrons. The SMILES string of the molecule is CCCCCC[C@H](C)C(C)F. The second kappa shape index (κ2) is 6.63. The van der Waals surface area contributed by atoms with Crippen LogP contribution in [0.3, 0.4) is 0 Å². The highest BCUT2D eigenvalue weighted by Crippen LogP contribution is 2.15. The van der Waals surface area contributed by atoms with Gasteiger partial charge in [-0.3, -0.25) is 0 Å². The first-order chi connectivity index (χ1) is 5.18. The van der Waals surface area contributed by atoms with Crippen molar-refractivity contribution in [3.05, 3.63) is 0 Å². The Kier molecular flexibility index (Phi) is 6.59. The minimum Gasteiger partial charge on any atom is -0.248 e. The van der Waals surface area contributed by atoms with Gasteiger partial charge in [0.15, 0.2) is 0 Å².